The molecule has 0 aliphatic carbocycles. The smallest absolute Gasteiger partial charge is 0.308 e. The lowest BCUT2D eigenvalue weighted by atomic mass is 10.0. The van der Waals surface area contributed by atoms with Gasteiger partial charge >= 0.3 is 5.97 Å². The number of anilines is 1. The number of hydrogen-bond acceptors (Lipinski definition) is 4. The van der Waals surface area contributed by atoms with Gasteiger partial charge in [-0.25, -0.2) is 0 Å². The predicted octanol–water partition coefficient (Wildman–Crippen LogP) is 2.01. The maximum absolute atomic E-state index is 11.8. The van der Waals surface area contributed by atoms with E-state index in [9.17, 15) is 9.59 Å². The molecule has 0 aliphatic rings. The van der Waals surface area contributed by atoms with Crippen molar-refractivity contribution >= 4 is 17.6 Å². The summed E-state index contributed by atoms with van der Waals surface area (Å²) in [5, 5.41) is 9.08. The van der Waals surface area contributed by atoms with Crippen LogP contribution in [0.2, 0.25) is 0 Å². The minimum Gasteiger partial charge on any atom is -0.469 e. The molecule has 2 rings (SSSR count). The maximum Gasteiger partial charge on any atom is 0.308 e. The number of ether oxygens (including phenoxy) is 1. The summed E-state index contributed by atoms with van der Waals surface area (Å²) in [4.78, 5) is 23.2. The minimum absolute atomic E-state index is 0.194. The molecule has 0 spiro atoms. The van der Waals surface area contributed by atoms with Crippen molar-refractivity contribution in [2.45, 2.75) is 13.3 Å². The zero-order valence-electron chi connectivity index (χ0n) is 11.9. The summed E-state index contributed by atoms with van der Waals surface area (Å²) in [5.74, 6) is -0.671. The van der Waals surface area contributed by atoms with Gasteiger partial charge in [0.15, 0.2) is 0 Å². The van der Waals surface area contributed by atoms with Gasteiger partial charge in [-0.15, -0.1) is 0 Å². The summed E-state index contributed by atoms with van der Waals surface area (Å²) in [6, 6.07) is 8.95. The Hall–Kier alpha value is -2.63. The van der Waals surface area contributed by atoms with Gasteiger partial charge in [0, 0.05) is 11.9 Å². The molecular weight excluding hydrogens is 270 g/mol. The Morgan fingerprint density at radius 2 is 2.00 bits per heavy atom. The lowest BCUT2D eigenvalue weighted by Gasteiger charge is -2.10. The largest absolute Gasteiger partial charge is 0.469 e. The van der Waals surface area contributed by atoms with Crippen LogP contribution in [0.1, 0.15) is 23.0 Å². The van der Waals surface area contributed by atoms with Gasteiger partial charge in [-0.05, 0) is 30.2 Å². The molecular formula is C15H17N3O3. The van der Waals surface area contributed by atoms with Crippen LogP contribution >= 0.6 is 0 Å². The van der Waals surface area contributed by atoms with Crippen molar-refractivity contribution in [1.82, 2.24) is 10.2 Å². The lowest BCUT2D eigenvalue weighted by molar-refractivity contribution is -0.144. The molecule has 1 atom stereocenters. The molecule has 1 unspecified atom stereocenters. The third kappa shape index (κ3) is 3.92. The molecule has 6 heteroatoms. The zero-order chi connectivity index (χ0) is 15.2. The second kappa shape index (κ2) is 6.69. The number of aromatic amines is 1. The average Bonchev–Trinajstić information content (AvgIpc) is 3.02. The molecule has 1 heterocycles. The Morgan fingerprint density at radius 3 is 2.57 bits per heavy atom. The van der Waals surface area contributed by atoms with E-state index in [1.54, 1.807) is 18.2 Å². The zero-order valence-corrected chi connectivity index (χ0v) is 11.9. The molecule has 0 saturated heterocycles. The van der Waals surface area contributed by atoms with Crippen LogP contribution in [0.5, 0.6) is 0 Å². The molecule has 21 heavy (non-hydrogen) atoms. The highest BCUT2D eigenvalue weighted by atomic mass is 16.5. The fraction of sp³-hybridized carbons (Fsp3) is 0.267. The second-order valence-corrected chi connectivity index (χ2v) is 4.75. The van der Waals surface area contributed by atoms with Crippen LogP contribution in [-0.4, -0.2) is 29.2 Å². The standard InChI is InChI=1S/C15H17N3O3/c1-10(15(20)21-2)9-11-3-5-12(6-4-11)17-14(19)13-7-8-16-18-13/h3-8,10H,9H2,1-2H3,(H,16,18)(H,17,19). The van der Waals surface area contributed by atoms with Crippen LogP contribution in [0.3, 0.4) is 0 Å². The number of benzene rings is 1. The highest BCUT2D eigenvalue weighted by molar-refractivity contribution is 6.02. The number of H-pyrrole nitrogens is 1. The van der Waals surface area contributed by atoms with Crippen molar-refractivity contribution in [3.63, 3.8) is 0 Å². The summed E-state index contributed by atoms with van der Waals surface area (Å²) in [5.41, 5.74) is 2.09. The molecule has 0 bridgehead atoms. The number of hydrogen-bond donors (Lipinski definition) is 2. The first-order valence-electron chi connectivity index (χ1n) is 6.57. The quantitative estimate of drug-likeness (QED) is 0.824. The second-order valence-electron chi connectivity index (χ2n) is 4.75. The van der Waals surface area contributed by atoms with Crippen molar-refractivity contribution in [3.05, 3.63) is 47.8 Å². The average molecular weight is 287 g/mol. The van der Waals surface area contributed by atoms with Gasteiger partial charge in [0.2, 0.25) is 0 Å². The van der Waals surface area contributed by atoms with Gasteiger partial charge in [-0.1, -0.05) is 19.1 Å². The Kier molecular flexibility index (Phi) is 4.71. The van der Waals surface area contributed by atoms with E-state index in [0.717, 1.165) is 5.56 Å². The molecule has 6 nitrogen and oxygen atoms in total. The van der Waals surface area contributed by atoms with Gasteiger partial charge in [-0.3, -0.25) is 14.7 Å². The Labute approximate surface area is 122 Å². The Morgan fingerprint density at radius 1 is 1.29 bits per heavy atom. The predicted molar refractivity (Wildman–Crippen MR) is 77.9 cm³/mol. The normalized spacial score (nSPS) is 11.7. The molecule has 1 aromatic carbocycles. The van der Waals surface area contributed by atoms with Gasteiger partial charge in [0.1, 0.15) is 5.69 Å². The number of aromatic nitrogens is 2. The number of nitrogens with zero attached hydrogens (tertiary/aromatic N) is 1. The van der Waals surface area contributed by atoms with E-state index in [4.69, 9.17) is 4.74 Å². The number of carbonyl (C=O) groups excluding carboxylic acids is 2. The van der Waals surface area contributed by atoms with Crippen LogP contribution in [0, 0.1) is 5.92 Å². The molecule has 2 aromatic rings. The highest BCUT2D eigenvalue weighted by Gasteiger charge is 2.13. The summed E-state index contributed by atoms with van der Waals surface area (Å²) in [7, 11) is 1.38. The Bertz CT molecular complexity index is 606. The first-order valence-corrected chi connectivity index (χ1v) is 6.57. The van der Waals surface area contributed by atoms with E-state index in [1.807, 2.05) is 19.1 Å². The fourth-order valence-corrected chi connectivity index (χ4v) is 1.94. The summed E-state index contributed by atoms with van der Waals surface area (Å²) < 4.78 is 4.70. The van der Waals surface area contributed by atoms with E-state index in [2.05, 4.69) is 15.5 Å². The van der Waals surface area contributed by atoms with Gasteiger partial charge in [0.05, 0.1) is 13.0 Å². The van der Waals surface area contributed by atoms with Crippen LogP contribution in [0.25, 0.3) is 0 Å². The number of amides is 1. The molecule has 1 amide bonds. The van der Waals surface area contributed by atoms with Crippen molar-refractivity contribution < 1.29 is 14.3 Å². The first kappa shape index (κ1) is 14.8. The fourth-order valence-electron chi connectivity index (χ4n) is 1.94. The molecule has 110 valence electrons. The highest BCUT2D eigenvalue weighted by Crippen LogP contribution is 2.14. The van der Waals surface area contributed by atoms with E-state index in [-0.39, 0.29) is 17.8 Å². The molecule has 1 aromatic heterocycles. The third-order valence-corrected chi connectivity index (χ3v) is 3.10. The molecule has 2 N–H and O–H groups in total. The summed E-state index contributed by atoms with van der Waals surface area (Å²) >= 11 is 0. The summed E-state index contributed by atoms with van der Waals surface area (Å²) in [6.45, 7) is 1.82. The molecule has 0 saturated carbocycles. The third-order valence-electron chi connectivity index (χ3n) is 3.10. The van der Waals surface area contributed by atoms with Crippen molar-refractivity contribution in [2.75, 3.05) is 12.4 Å². The van der Waals surface area contributed by atoms with E-state index in [1.165, 1.54) is 13.3 Å². The number of methoxy groups -OCH3 is 1. The van der Waals surface area contributed by atoms with E-state index < -0.39 is 0 Å². The SMILES string of the molecule is COC(=O)C(C)Cc1ccc(NC(=O)c2ccn[nH]2)cc1. The number of esters is 1. The maximum atomic E-state index is 11.8. The number of nitrogens with one attached hydrogen (secondary N) is 2. The monoisotopic (exact) mass is 287 g/mol. The number of carbonyl (C=O) groups is 2. The van der Waals surface area contributed by atoms with Crippen molar-refractivity contribution in [1.29, 1.82) is 0 Å². The topological polar surface area (TPSA) is 84.1 Å². The van der Waals surface area contributed by atoms with Crippen molar-refractivity contribution in [3.8, 4) is 0 Å². The first-order chi connectivity index (χ1) is 10.1. The van der Waals surface area contributed by atoms with Crippen LogP contribution in [0.15, 0.2) is 36.5 Å². The van der Waals surface area contributed by atoms with Crippen molar-refractivity contribution in [2.24, 2.45) is 5.92 Å². The van der Waals surface area contributed by atoms with Gasteiger partial charge in [-0.2, -0.15) is 5.10 Å². The molecule has 0 aliphatic heterocycles. The Balaban J connectivity index is 1.96. The van der Waals surface area contributed by atoms with E-state index in [0.29, 0.717) is 17.8 Å². The van der Waals surface area contributed by atoms with Crippen LogP contribution in [0.4, 0.5) is 5.69 Å². The van der Waals surface area contributed by atoms with Crippen LogP contribution < -0.4 is 5.32 Å². The van der Waals surface area contributed by atoms with Crippen LogP contribution in [-0.2, 0) is 16.0 Å². The number of rotatable bonds is 5. The van der Waals surface area contributed by atoms with Gasteiger partial charge in [0.25, 0.3) is 5.91 Å². The summed E-state index contributed by atoms with van der Waals surface area (Å²) in [6.07, 6.45) is 2.12. The molecule has 0 fully saturated rings. The lowest BCUT2D eigenvalue weighted by Crippen LogP contribution is -2.15. The molecule has 0 radical (unpaired) electrons. The van der Waals surface area contributed by atoms with E-state index >= 15 is 0 Å². The minimum atomic E-state index is -0.247. The van der Waals surface area contributed by atoms with Gasteiger partial charge < -0.3 is 10.1 Å².